The first kappa shape index (κ1) is 21.4. The van der Waals surface area contributed by atoms with E-state index in [1.807, 2.05) is 0 Å². The molecule has 2 aromatic carbocycles. The standard InChI is InChI=1S/C20H20N2O7/c1-13(20(24)21-15-6-4-5-7-16(15)22(25)26)29-19(23)11-9-14-8-10-17(27-2)18(12-14)28-3/h4-13H,1-3H3,(H,21,24)/b11-9+/t13-/m0/s1. The lowest BCUT2D eigenvalue weighted by atomic mass is 10.2. The van der Waals surface area contributed by atoms with Crippen molar-refractivity contribution in [3.63, 3.8) is 0 Å². The molecule has 152 valence electrons. The number of nitrogens with one attached hydrogen (secondary N) is 1. The Balaban J connectivity index is 1.99. The summed E-state index contributed by atoms with van der Waals surface area (Å²) in [5, 5.41) is 13.4. The highest BCUT2D eigenvalue weighted by Gasteiger charge is 2.20. The Bertz CT molecular complexity index is 940. The number of anilines is 1. The number of benzene rings is 2. The summed E-state index contributed by atoms with van der Waals surface area (Å²) >= 11 is 0. The molecular formula is C20H20N2O7. The van der Waals surface area contributed by atoms with Crippen molar-refractivity contribution >= 4 is 29.3 Å². The number of methoxy groups -OCH3 is 2. The fourth-order valence-corrected chi connectivity index (χ4v) is 2.36. The molecule has 1 amide bonds. The van der Waals surface area contributed by atoms with Crippen molar-refractivity contribution in [2.75, 3.05) is 19.5 Å². The first-order chi connectivity index (χ1) is 13.8. The van der Waals surface area contributed by atoms with Crippen LogP contribution >= 0.6 is 0 Å². The van der Waals surface area contributed by atoms with E-state index in [0.717, 1.165) is 6.08 Å². The predicted octanol–water partition coefficient (Wildman–Crippen LogP) is 3.20. The molecule has 0 unspecified atom stereocenters. The van der Waals surface area contributed by atoms with E-state index in [1.165, 1.54) is 45.4 Å². The van der Waals surface area contributed by atoms with Crippen LogP contribution in [0.25, 0.3) is 6.08 Å². The molecule has 0 saturated heterocycles. The molecule has 0 radical (unpaired) electrons. The Morgan fingerprint density at radius 1 is 1.10 bits per heavy atom. The molecule has 0 aliphatic rings. The third-order valence-corrected chi connectivity index (χ3v) is 3.84. The maximum atomic E-state index is 12.2. The van der Waals surface area contributed by atoms with Gasteiger partial charge in [-0.2, -0.15) is 0 Å². The SMILES string of the molecule is COc1ccc(/C=C/C(=O)O[C@@H](C)C(=O)Nc2ccccc2[N+](=O)[O-])cc1OC. The molecular weight excluding hydrogens is 380 g/mol. The Kier molecular flexibility index (Phi) is 7.30. The van der Waals surface area contributed by atoms with Gasteiger partial charge >= 0.3 is 5.97 Å². The highest BCUT2D eigenvalue weighted by atomic mass is 16.6. The van der Waals surface area contributed by atoms with Gasteiger partial charge in [0.15, 0.2) is 17.6 Å². The highest BCUT2D eigenvalue weighted by Crippen LogP contribution is 2.28. The molecule has 0 aliphatic carbocycles. The number of esters is 1. The van der Waals surface area contributed by atoms with Crippen molar-refractivity contribution in [3.05, 3.63) is 64.2 Å². The minimum atomic E-state index is -1.16. The van der Waals surface area contributed by atoms with E-state index in [4.69, 9.17) is 14.2 Å². The minimum Gasteiger partial charge on any atom is -0.493 e. The molecule has 1 N–H and O–H groups in total. The maximum absolute atomic E-state index is 12.2. The van der Waals surface area contributed by atoms with Gasteiger partial charge in [0.2, 0.25) is 0 Å². The second-order valence-corrected chi connectivity index (χ2v) is 5.79. The molecule has 0 saturated carbocycles. The summed E-state index contributed by atoms with van der Waals surface area (Å²) in [5.74, 6) is -0.384. The van der Waals surface area contributed by atoms with E-state index in [2.05, 4.69) is 5.32 Å². The molecule has 9 heteroatoms. The minimum absolute atomic E-state index is 0.0197. The number of hydrogen-bond donors (Lipinski definition) is 1. The predicted molar refractivity (Wildman–Crippen MR) is 106 cm³/mol. The lowest BCUT2D eigenvalue weighted by Crippen LogP contribution is -2.29. The number of rotatable bonds is 8. The zero-order valence-electron chi connectivity index (χ0n) is 16.1. The van der Waals surface area contributed by atoms with Gasteiger partial charge in [-0.1, -0.05) is 18.2 Å². The van der Waals surface area contributed by atoms with Crippen LogP contribution < -0.4 is 14.8 Å². The quantitative estimate of drug-likeness (QED) is 0.313. The lowest BCUT2D eigenvalue weighted by molar-refractivity contribution is -0.383. The molecule has 1 atom stereocenters. The van der Waals surface area contributed by atoms with E-state index in [-0.39, 0.29) is 11.4 Å². The molecule has 2 rings (SSSR count). The largest absolute Gasteiger partial charge is 0.493 e. The van der Waals surface area contributed by atoms with Crippen molar-refractivity contribution < 1.29 is 28.7 Å². The number of nitro groups is 1. The van der Waals surface area contributed by atoms with Crippen LogP contribution in [0, 0.1) is 10.1 Å². The van der Waals surface area contributed by atoms with Crippen LogP contribution in [0.1, 0.15) is 12.5 Å². The maximum Gasteiger partial charge on any atom is 0.331 e. The summed E-state index contributed by atoms with van der Waals surface area (Å²) in [5.41, 5.74) is 0.426. The van der Waals surface area contributed by atoms with Gasteiger partial charge < -0.3 is 19.5 Å². The Morgan fingerprint density at radius 2 is 1.79 bits per heavy atom. The van der Waals surface area contributed by atoms with Gasteiger partial charge in [-0.05, 0) is 36.8 Å². The highest BCUT2D eigenvalue weighted by molar-refractivity contribution is 5.98. The Labute approximate surface area is 167 Å². The average Bonchev–Trinajstić information content (AvgIpc) is 2.72. The van der Waals surface area contributed by atoms with Crippen LogP contribution in [0.4, 0.5) is 11.4 Å². The third kappa shape index (κ3) is 5.80. The second kappa shape index (κ2) is 9.88. The van der Waals surface area contributed by atoms with Gasteiger partial charge in [-0.15, -0.1) is 0 Å². The van der Waals surface area contributed by atoms with Crippen molar-refractivity contribution in [3.8, 4) is 11.5 Å². The Morgan fingerprint density at radius 3 is 2.45 bits per heavy atom. The van der Waals surface area contributed by atoms with Crippen LogP contribution in [-0.2, 0) is 14.3 Å². The fourth-order valence-electron chi connectivity index (χ4n) is 2.36. The molecule has 0 aliphatic heterocycles. The second-order valence-electron chi connectivity index (χ2n) is 5.79. The van der Waals surface area contributed by atoms with Gasteiger partial charge in [0.05, 0.1) is 19.1 Å². The molecule has 29 heavy (non-hydrogen) atoms. The first-order valence-corrected chi connectivity index (χ1v) is 8.50. The van der Waals surface area contributed by atoms with E-state index in [1.54, 1.807) is 24.3 Å². The van der Waals surface area contributed by atoms with E-state index in [9.17, 15) is 19.7 Å². The van der Waals surface area contributed by atoms with E-state index in [0.29, 0.717) is 17.1 Å². The molecule has 0 fully saturated rings. The van der Waals surface area contributed by atoms with Crippen LogP contribution in [0.5, 0.6) is 11.5 Å². The van der Waals surface area contributed by atoms with Crippen LogP contribution in [0.2, 0.25) is 0 Å². The van der Waals surface area contributed by atoms with Crippen LogP contribution in [-0.4, -0.2) is 37.1 Å². The Hall–Kier alpha value is -3.88. The monoisotopic (exact) mass is 400 g/mol. The van der Waals surface area contributed by atoms with Gasteiger partial charge in [0, 0.05) is 12.1 Å². The molecule has 0 heterocycles. The summed E-state index contributed by atoms with van der Waals surface area (Å²) < 4.78 is 15.4. The van der Waals surface area contributed by atoms with Gasteiger partial charge in [-0.25, -0.2) is 4.79 Å². The van der Waals surface area contributed by atoms with Crippen LogP contribution in [0.3, 0.4) is 0 Å². The number of carbonyl (C=O) groups excluding carboxylic acids is 2. The van der Waals surface area contributed by atoms with Gasteiger partial charge in [-0.3, -0.25) is 14.9 Å². The summed E-state index contributed by atoms with van der Waals surface area (Å²) in [6.45, 7) is 1.37. The number of carbonyl (C=O) groups is 2. The topological polar surface area (TPSA) is 117 Å². The normalized spacial score (nSPS) is 11.6. The third-order valence-electron chi connectivity index (χ3n) is 3.84. The number of amides is 1. The molecule has 0 spiro atoms. The van der Waals surface area contributed by atoms with Gasteiger partial charge in [0.1, 0.15) is 5.69 Å². The number of para-hydroxylation sites is 2. The summed E-state index contributed by atoms with van der Waals surface area (Å²) in [4.78, 5) is 34.6. The number of ether oxygens (including phenoxy) is 3. The first-order valence-electron chi connectivity index (χ1n) is 8.50. The van der Waals surface area contributed by atoms with Crippen LogP contribution in [0.15, 0.2) is 48.5 Å². The number of hydrogen-bond acceptors (Lipinski definition) is 7. The summed E-state index contributed by atoms with van der Waals surface area (Å²) in [6, 6.07) is 10.8. The zero-order valence-corrected chi connectivity index (χ0v) is 16.1. The summed E-state index contributed by atoms with van der Waals surface area (Å²) in [7, 11) is 3.01. The molecule has 0 aromatic heterocycles. The molecule has 2 aromatic rings. The average molecular weight is 400 g/mol. The zero-order chi connectivity index (χ0) is 21.4. The van der Waals surface area contributed by atoms with Crippen molar-refractivity contribution in [1.82, 2.24) is 0 Å². The van der Waals surface area contributed by atoms with Crippen molar-refractivity contribution in [2.45, 2.75) is 13.0 Å². The molecule has 9 nitrogen and oxygen atoms in total. The van der Waals surface area contributed by atoms with E-state index < -0.39 is 22.9 Å². The lowest BCUT2D eigenvalue weighted by Gasteiger charge is -2.12. The fraction of sp³-hybridized carbons (Fsp3) is 0.200. The number of nitrogens with zero attached hydrogens (tertiary/aromatic N) is 1. The molecule has 0 bridgehead atoms. The van der Waals surface area contributed by atoms with Crippen molar-refractivity contribution in [1.29, 1.82) is 0 Å². The van der Waals surface area contributed by atoms with E-state index >= 15 is 0 Å². The number of nitro benzene ring substituents is 1. The smallest absolute Gasteiger partial charge is 0.331 e. The van der Waals surface area contributed by atoms with Gasteiger partial charge in [0.25, 0.3) is 11.6 Å². The summed E-state index contributed by atoms with van der Waals surface area (Å²) in [6.07, 6.45) is 1.50. The van der Waals surface area contributed by atoms with Crippen molar-refractivity contribution in [2.24, 2.45) is 0 Å².